The minimum Gasteiger partial charge on any atom is -0.172 e. The lowest BCUT2D eigenvalue weighted by Gasteiger charge is -2.23. The van der Waals surface area contributed by atoms with E-state index in [2.05, 4.69) is 140 Å². The summed E-state index contributed by atoms with van der Waals surface area (Å²) in [5.41, 5.74) is 20.8. The zero-order valence-corrected chi connectivity index (χ0v) is 34.7. The van der Waals surface area contributed by atoms with E-state index < -0.39 is 0 Å². The summed E-state index contributed by atoms with van der Waals surface area (Å²) in [6.45, 7) is 18.9. The van der Waals surface area contributed by atoms with Crippen molar-refractivity contribution < 1.29 is 0 Å². The normalized spacial score (nSPS) is 15.9. The van der Waals surface area contributed by atoms with Crippen LogP contribution in [-0.2, 0) is 23.7 Å². The summed E-state index contributed by atoms with van der Waals surface area (Å²) in [5, 5.41) is 0. The average Bonchev–Trinajstić information content (AvgIpc) is 3.83. The van der Waals surface area contributed by atoms with E-state index in [-0.39, 0.29) is 10.8 Å². The quantitative estimate of drug-likeness (QED) is 0.118. The summed E-state index contributed by atoms with van der Waals surface area (Å²) in [5.74, 6) is 1.59. The highest BCUT2D eigenvalue weighted by Gasteiger charge is 2.37. The molecule has 8 rings (SSSR count). The molecule has 0 saturated carbocycles. The second kappa shape index (κ2) is 14.5. The van der Waals surface area contributed by atoms with Gasteiger partial charge in [-0.15, -0.1) is 0 Å². The minimum atomic E-state index is -0.0636. The van der Waals surface area contributed by atoms with Crippen LogP contribution in [0.4, 0.5) is 0 Å². The van der Waals surface area contributed by atoms with E-state index in [1.165, 1.54) is 130 Å². The van der Waals surface area contributed by atoms with E-state index >= 15 is 0 Å². The van der Waals surface area contributed by atoms with Gasteiger partial charge in [0, 0.05) is 22.0 Å². The van der Waals surface area contributed by atoms with Crippen LogP contribution in [0.5, 0.6) is 0 Å². The Morgan fingerprint density at radius 3 is 1.43 bits per heavy atom. The summed E-state index contributed by atoms with van der Waals surface area (Å²) in [6, 6.07) is 33.3. The Bertz CT molecular complexity index is 2340. The predicted molar refractivity (Wildman–Crippen MR) is 233 cm³/mol. The van der Waals surface area contributed by atoms with Gasteiger partial charge in [0.05, 0.1) is 11.7 Å². The molecule has 6 aromatic rings. The largest absolute Gasteiger partial charge is 0.172 e. The molecular formula is C51H58N2S. The van der Waals surface area contributed by atoms with Crippen LogP contribution in [0.25, 0.3) is 55.5 Å². The molecule has 1 aromatic heterocycles. The maximum atomic E-state index is 4.93. The Balaban J connectivity index is 1.08. The molecule has 2 nitrogen and oxygen atoms in total. The zero-order chi connectivity index (χ0) is 37.8. The summed E-state index contributed by atoms with van der Waals surface area (Å²) in [7, 11) is 0. The van der Waals surface area contributed by atoms with Crippen LogP contribution in [0.15, 0.2) is 84.9 Å². The average molecular weight is 731 g/mol. The van der Waals surface area contributed by atoms with Crippen molar-refractivity contribution >= 4 is 22.8 Å². The summed E-state index contributed by atoms with van der Waals surface area (Å²) in [6.07, 6.45) is 11.4. The molecule has 1 heterocycles. The second-order valence-electron chi connectivity index (χ2n) is 17.7. The number of aromatic nitrogens is 2. The highest BCUT2D eigenvalue weighted by Crippen LogP contribution is 2.52. The van der Waals surface area contributed by atoms with E-state index in [9.17, 15) is 0 Å². The van der Waals surface area contributed by atoms with E-state index in [1.807, 2.05) is 0 Å². The summed E-state index contributed by atoms with van der Waals surface area (Å²) < 4.78 is 9.86. The van der Waals surface area contributed by atoms with Crippen LogP contribution in [0.1, 0.15) is 134 Å². The third kappa shape index (κ3) is 6.35. The van der Waals surface area contributed by atoms with Crippen molar-refractivity contribution in [1.29, 1.82) is 0 Å². The summed E-state index contributed by atoms with van der Waals surface area (Å²) >= 11 is 1.32. The van der Waals surface area contributed by atoms with E-state index in [0.29, 0.717) is 0 Å². The van der Waals surface area contributed by atoms with Gasteiger partial charge < -0.3 is 0 Å². The van der Waals surface area contributed by atoms with Gasteiger partial charge in [0.25, 0.3) is 0 Å². The SMILES string of the molecule is CCCCC(CC)CCc1ccc2c(c1)C(C)(C)c1cc(-c3ccc(-c4ccc5c(c4)C(C)(C)c4cc(CCC(C)CC)ccc4-5)c4nsnc34)ccc1-2. The number of unbranched alkanes of at least 4 members (excludes halogenated alkanes) is 1. The standard InChI is InChI=1S/C51H58N2S/c1-9-12-13-33(11-3)16-17-35-19-23-41-43-25-21-37(31-47(43)51(7,8)45(41)29-35)39-27-26-38(48-49(39)53-54-52-48)36-20-24-42-40-22-18-34(15-14-32(4)10-2)28-44(40)50(5,6)46(42)30-36/h18-33H,9-17H2,1-8H3. The fraction of sp³-hybridized carbons (Fsp3) is 0.412. The van der Waals surface area contributed by atoms with E-state index in [1.54, 1.807) is 0 Å². The molecule has 2 atom stereocenters. The molecule has 0 bridgehead atoms. The van der Waals surface area contributed by atoms with Gasteiger partial charge in [-0.2, -0.15) is 8.75 Å². The van der Waals surface area contributed by atoms with Crippen molar-refractivity contribution in [2.45, 2.75) is 124 Å². The Morgan fingerprint density at radius 1 is 0.519 bits per heavy atom. The number of rotatable bonds is 13. The van der Waals surface area contributed by atoms with Crippen LogP contribution in [0.3, 0.4) is 0 Å². The lowest BCUT2D eigenvalue weighted by molar-refractivity contribution is 0.422. The lowest BCUT2D eigenvalue weighted by Crippen LogP contribution is -2.15. The molecule has 54 heavy (non-hydrogen) atoms. The van der Waals surface area contributed by atoms with E-state index in [0.717, 1.165) is 40.4 Å². The van der Waals surface area contributed by atoms with Crippen molar-refractivity contribution in [2.75, 3.05) is 0 Å². The van der Waals surface area contributed by atoms with Crippen LogP contribution >= 0.6 is 11.7 Å². The van der Waals surface area contributed by atoms with Gasteiger partial charge in [-0.05, 0) is 116 Å². The molecule has 3 heteroatoms. The van der Waals surface area contributed by atoms with Gasteiger partial charge in [-0.25, -0.2) is 0 Å². The van der Waals surface area contributed by atoms with Gasteiger partial charge in [-0.3, -0.25) is 0 Å². The highest BCUT2D eigenvalue weighted by molar-refractivity contribution is 7.00. The van der Waals surface area contributed by atoms with Crippen molar-refractivity contribution in [3.8, 4) is 44.5 Å². The molecule has 2 aliphatic carbocycles. The van der Waals surface area contributed by atoms with Gasteiger partial charge in [0.2, 0.25) is 0 Å². The van der Waals surface area contributed by atoms with Gasteiger partial charge in [0.15, 0.2) is 0 Å². The first-order chi connectivity index (χ1) is 26.0. The number of hydrogen-bond donors (Lipinski definition) is 0. The molecule has 0 radical (unpaired) electrons. The Morgan fingerprint density at radius 2 is 0.963 bits per heavy atom. The Hall–Kier alpha value is -4.08. The molecule has 2 aliphatic rings. The van der Waals surface area contributed by atoms with Gasteiger partial charge >= 0.3 is 0 Å². The van der Waals surface area contributed by atoms with Crippen LogP contribution in [-0.4, -0.2) is 8.75 Å². The highest BCUT2D eigenvalue weighted by atomic mass is 32.1. The van der Waals surface area contributed by atoms with Gasteiger partial charge in [-0.1, -0.05) is 160 Å². The molecule has 0 saturated heterocycles. The lowest BCUT2D eigenvalue weighted by atomic mass is 9.80. The number of nitrogens with zero attached hydrogens (tertiary/aromatic N) is 2. The molecule has 2 unspecified atom stereocenters. The number of fused-ring (bicyclic) bond motifs is 7. The minimum absolute atomic E-state index is 0.0609. The number of hydrogen-bond acceptors (Lipinski definition) is 3. The number of benzene rings is 5. The smallest absolute Gasteiger partial charge is 0.113 e. The van der Waals surface area contributed by atoms with Gasteiger partial charge in [0.1, 0.15) is 11.0 Å². The molecule has 0 spiro atoms. The fourth-order valence-corrected chi connectivity index (χ4v) is 10.2. The molecule has 0 amide bonds. The molecule has 0 fully saturated rings. The summed E-state index contributed by atoms with van der Waals surface area (Å²) in [4.78, 5) is 0. The molecule has 0 N–H and O–H groups in total. The van der Waals surface area contributed by atoms with Crippen LogP contribution < -0.4 is 0 Å². The monoisotopic (exact) mass is 730 g/mol. The molecule has 278 valence electrons. The Kier molecular flexibility index (Phi) is 9.92. The van der Waals surface area contributed by atoms with Crippen molar-refractivity contribution in [1.82, 2.24) is 8.75 Å². The first kappa shape index (κ1) is 36.9. The maximum absolute atomic E-state index is 4.93. The van der Waals surface area contributed by atoms with Crippen molar-refractivity contribution in [3.63, 3.8) is 0 Å². The predicted octanol–water partition coefficient (Wildman–Crippen LogP) is 14.8. The van der Waals surface area contributed by atoms with Crippen LogP contribution in [0.2, 0.25) is 0 Å². The first-order valence-electron chi connectivity index (χ1n) is 20.9. The topological polar surface area (TPSA) is 25.8 Å². The number of aryl methyl sites for hydroxylation is 2. The third-order valence-electron chi connectivity index (χ3n) is 13.5. The van der Waals surface area contributed by atoms with Crippen LogP contribution in [0, 0.1) is 11.8 Å². The fourth-order valence-electron chi connectivity index (χ4n) is 9.58. The molecule has 5 aromatic carbocycles. The molecular weight excluding hydrogens is 673 g/mol. The second-order valence-corrected chi connectivity index (χ2v) is 18.2. The Labute approximate surface area is 328 Å². The zero-order valence-electron chi connectivity index (χ0n) is 33.9. The first-order valence-corrected chi connectivity index (χ1v) is 21.6. The maximum Gasteiger partial charge on any atom is 0.113 e. The third-order valence-corrected chi connectivity index (χ3v) is 14.1. The molecule has 0 aliphatic heterocycles. The van der Waals surface area contributed by atoms with Crippen molar-refractivity contribution in [3.05, 3.63) is 118 Å². The van der Waals surface area contributed by atoms with E-state index in [4.69, 9.17) is 8.75 Å². The van der Waals surface area contributed by atoms with Crippen molar-refractivity contribution in [2.24, 2.45) is 11.8 Å².